The summed E-state index contributed by atoms with van der Waals surface area (Å²) < 4.78 is 0. The van der Waals surface area contributed by atoms with Crippen LogP contribution in [0.15, 0.2) is 30.5 Å². The highest BCUT2D eigenvalue weighted by molar-refractivity contribution is 5.72. The first-order valence-corrected chi connectivity index (χ1v) is 9.62. The number of aromatic nitrogens is 1. The van der Waals surface area contributed by atoms with E-state index >= 15 is 0 Å². The Morgan fingerprint density at radius 2 is 1.77 bits per heavy atom. The van der Waals surface area contributed by atoms with Gasteiger partial charge in [0.2, 0.25) is 0 Å². The van der Waals surface area contributed by atoms with Gasteiger partial charge in [-0.25, -0.2) is 0 Å². The van der Waals surface area contributed by atoms with Gasteiger partial charge in [-0.3, -0.25) is 4.98 Å². The number of phenolic OH excluding ortho intramolecular Hbond substituents is 1. The van der Waals surface area contributed by atoms with Crippen LogP contribution in [0.2, 0.25) is 0 Å². The smallest absolute Gasteiger partial charge is 0.127 e. The Morgan fingerprint density at radius 3 is 2.27 bits per heavy atom. The maximum absolute atomic E-state index is 11.0. The molecule has 0 saturated heterocycles. The second kappa shape index (κ2) is 6.70. The highest BCUT2D eigenvalue weighted by Crippen LogP contribution is 2.41. The molecule has 1 aromatic carbocycles. The van der Waals surface area contributed by atoms with Crippen molar-refractivity contribution in [3.8, 4) is 16.9 Å². The first-order chi connectivity index (χ1) is 12.0. The molecule has 0 atom stereocenters. The van der Waals surface area contributed by atoms with Gasteiger partial charge >= 0.3 is 0 Å². The Bertz CT molecular complexity index is 776. The maximum Gasteiger partial charge on any atom is 0.127 e. The summed E-state index contributed by atoms with van der Waals surface area (Å²) in [6.07, 6.45) is 4.41. The van der Waals surface area contributed by atoms with Gasteiger partial charge in [-0.2, -0.15) is 0 Å². The van der Waals surface area contributed by atoms with E-state index in [-0.39, 0.29) is 11.0 Å². The van der Waals surface area contributed by atoms with Gasteiger partial charge in [-0.1, -0.05) is 32.9 Å². The van der Waals surface area contributed by atoms with E-state index in [1.165, 1.54) is 24.1 Å². The number of benzene rings is 1. The predicted octanol–water partition coefficient (Wildman–Crippen LogP) is 5.52. The summed E-state index contributed by atoms with van der Waals surface area (Å²) >= 11 is 0. The lowest BCUT2D eigenvalue weighted by Gasteiger charge is -2.25. The fraction of sp³-hybridized carbons (Fsp3) is 0.522. The van der Waals surface area contributed by atoms with Crippen LogP contribution >= 0.6 is 0 Å². The number of aromatic hydroxyl groups is 1. The molecule has 0 spiro atoms. The lowest BCUT2D eigenvalue weighted by atomic mass is 9.83. The molecule has 3 rings (SSSR count). The van der Waals surface area contributed by atoms with Crippen molar-refractivity contribution in [3.05, 3.63) is 47.3 Å². The molecule has 3 nitrogen and oxygen atoms in total. The van der Waals surface area contributed by atoms with E-state index in [0.29, 0.717) is 18.2 Å². The van der Waals surface area contributed by atoms with Crippen LogP contribution in [-0.4, -0.2) is 15.6 Å². The van der Waals surface area contributed by atoms with Crippen LogP contribution in [-0.2, 0) is 12.0 Å². The third-order valence-corrected chi connectivity index (χ3v) is 4.96. The zero-order valence-corrected chi connectivity index (χ0v) is 17.0. The van der Waals surface area contributed by atoms with Gasteiger partial charge in [0.1, 0.15) is 5.75 Å². The fourth-order valence-corrected chi connectivity index (χ4v) is 3.03. The molecule has 1 aromatic heterocycles. The monoisotopic (exact) mass is 352 g/mol. The molecule has 0 amide bonds. The van der Waals surface area contributed by atoms with E-state index in [1.54, 1.807) is 0 Å². The van der Waals surface area contributed by atoms with Crippen molar-refractivity contribution in [2.24, 2.45) is 0 Å². The highest BCUT2D eigenvalue weighted by atomic mass is 16.3. The number of phenols is 1. The molecule has 1 fully saturated rings. The lowest BCUT2D eigenvalue weighted by molar-refractivity contribution is 0.411. The summed E-state index contributed by atoms with van der Waals surface area (Å²) in [4.78, 5) is 4.64. The Hall–Kier alpha value is -1.87. The predicted molar refractivity (Wildman–Crippen MR) is 109 cm³/mol. The van der Waals surface area contributed by atoms with Crippen molar-refractivity contribution in [2.45, 2.75) is 77.8 Å². The molecule has 140 valence electrons. The molecule has 0 bridgehead atoms. The van der Waals surface area contributed by atoms with Crippen molar-refractivity contribution in [1.29, 1.82) is 0 Å². The van der Waals surface area contributed by atoms with Gasteiger partial charge in [-0.05, 0) is 56.7 Å². The minimum atomic E-state index is -0.00217. The summed E-state index contributed by atoms with van der Waals surface area (Å²) in [5, 5.41) is 14.4. The van der Waals surface area contributed by atoms with E-state index in [2.05, 4.69) is 76.1 Å². The molecule has 0 aliphatic heterocycles. The number of nitrogens with zero attached hydrogens (tertiary/aromatic N) is 1. The molecule has 26 heavy (non-hydrogen) atoms. The average molecular weight is 353 g/mol. The standard InChI is InChI=1S/C23H32N2O/c1-22(2,3)18-11-17(14-25-23(4,5)6)21(26)19(12-18)16-9-10-20(24-13-16)15-7-8-15/h9-13,15,25-26H,7-8,14H2,1-6H3. The first-order valence-electron chi connectivity index (χ1n) is 9.62. The molecule has 2 N–H and O–H groups in total. The van der Waals surface area contributed by atoms with Crippen LogP contribution in [0, 0.1) is 0 Å². The zero-order valence-electron chi connectivity index (χ0n) is 17.0. The number of hydrogen-bond acceptors (Lipinski definition) is 3. The zero-order chi connectivity index (χ0) is 19.1. The SMILES string of the molecule is CC(C)(C)NCc1cc(C(C)(C)C)cc(-c2ccc(C3CC3)nc2)c1O. The Labute approximate surface area is 157 Å². The van der Waals surface area contributed by atoms with Crippen LogP contribution < -0.4 is 5.32 Å². The summed E-state index contributed by atoms with van der Waals surface area (Å²) in [5.74, 6) is 1.00. The molecule has 3 heteroatoms. The molecule has 1 aliphatic rings. The van der Waals surface area contributed by atoms with E-state index < -0.39 is 0 Å². The van der Waals surface area contributed by atoms with E-state index in [9.17, 15) is 5.11 Å². The number of nitrogens with one attached hydrogen (secondary N) is 1. The molecule has 1 aliphatic carbocycles. The van der Waals surface area contributed by atoms with Crippen LogP contribution in [0.4, 0.5) is 0 Å². The molecule has 0 radical (unpaired) electrons. The second-order valence-corrected chi connectivity index (χ2v) is 9.63. The normalized spacial score (nSPS) is 15.3. The summed E-state index contributed by atoms with van der Waals surface area (Å²) in [6, 6.07) is 8.46. The van der Waals surface area contributed by atoms with E-state index in [4.69, 9.17) is 0 Å². The molecular weight excluding hydrogens is 320 g/mol. The minimum Gasteiger partial charge on any atom is -0.507 e. The Kier molecular flexibility index (Phi) is 4.87. The summed E-state index contributed by atoms with van der Waals surface area (Å²) in [6.45, 7) is 13.7. The molecule has 2 aromatic rings. The fourth-order valence-electron chi connectivity index (χ4n) is 3.03. The quantitative estimate of drug-likeness (QED) is 0.762. The highest BCUT2D eigenvalue weighted by Gasteiger charge is 2.25. The molecule has 0 unspecified atom stereocenters. The van der Waals surface area contributed by atoms with Gasteiger partial charge in [0, 0.05) is 46.6 Å². The van der Waals surface area contributed by atoms with Gasteiger partial charge in [0.05, 0.1) is 0 Å². The van der Waals surface area contributed by atoms with Crippen LogP contribution in [0.25, 0.3) is 11.1 Å². The topological polar surface area (TPSA) is 45.2 Å². The molecule has 1 heterocycles. The third-order valence-electron chi connectivity index (χ3n) is 4.96. The Balaban J connectivity index is 2.01. The van der Waals surface area contributed by atoms with Gasteiger partial charge in [0.25, 0.3) is 0 Å². The summed E-state index contributed by atoms with van der Waals surface area (Å²) in [7, 11) is 0. The minimum absolute atomic E-state index is 0.00217. The second-order valence-electron chi connectivity index (χ2n) is 9.63. The summed E-state index contributed by atoms with van der Waals surface area (Å²) in [5.41, 5.74) is 5.21. The molecular formula is C23H32N2O. The number of pyridine rings is 1. The van der Waals surface area contributed by atoms with E-state index in [1.807, 2.05) is 6.20 Å². The van der Waals surface area contributed by atoms with Crippen LogP contribution in [0.1, 0.15) is 77.1 Å². The number of rotatable bonds is 4. The van der Waals surface area contributed by atoms with Crippen molar-refractivity contribution in [1.82, 2.24) is 10.3 Å². The third kappa shape index (κ3) is 4.45. The largest absolute Gasteiger partial charge is 0.507 e. The van der Waals surface area contributed by atoms with E-state index in [0.717, 1.165) is 16.7 Å². The van der Waals surface area contributed by atoms with Crippen molar-refractivity contribution < 1.29 is 5.11 Å². The van der Waals surface area contributed by atoms with Crippen LogP contribution in [0.3, 0.4) is 0 Å². The number of hydrogen-bond donors (Lipinski definition) is 2. The van der Waals surface area contributed by atoms with Gasteiger partial charge in [0.15, 0.2) is 0 Å². The van der Waals surface area contributed by atoms with Crippen molar-refractivity contribution in [2.75, 3.05) is 0 Å². The van der Waals surface area contributed by atoms with Crippen molar-refractivity contribution in [3.63, 3.8) is 0 Å². The van der Waals surface area contributed by atoms with Gasteiger partial charge in [-0.15, -0.1) is 0 Å². The Morgan fingerprint density at radius 1 is 1.08 bits per heavy atom. The maximum atomic E-state index is 11.0. The van der Waals surface area contributed by atoms with Crippen LogP contribution in [0.5, 0.6) is 5.75 Å². The average Bonchev–Trinajstić information content (AvgIpc) is 3.37. The lowest BCUT2D eigenvalue weighted by Crippen LogP contribution is -2.35. The van der Waals surface area contributed by atoms with Gasteiger partial charge < -0.3 is 10.4 Å². The van der Waals surface area contributed by atoms with Crippen molar-refractivity contribution >= 4 is 0 Å². The first kappa shape index (κ1) is 18.9. The molecule has 1 saturated carbocycles.